The van der Waals surface area contributed by atoms with E-state index in [1.165, 1.54) is 244 Å². The number of allylic oxidation sites excluding steroid dienone is 10. The van der Waals surface area contributed by atoms with Gasteiger partial charge in [-0.1, -0.05) is 351 Å². The van der Waals surface area contributed by atoms with Crippen molar-refractivity contribution in [2.45, 2.75) is 380 Å². The van der Waals surface area contributed by atoms with Crippen LogP contribution in [0.15, 0.2) is 60.8 Å². The molecule has 0 saturated carbocycles. The minimum absolute atomic E-state index is 0.0667. The molecule has 0 fully saturated rings. The van der Waals surface area contributed by atoms with E-state index < -0.39 is 6.10 Å². The van der Waals surface area contributed by atoms with Crippen LogP contribution in [0, 0.1) is 0 Å². The van der Waals surface area contributed by atoms with Crippen molar-refractivity contribution in [1.29, 1.82) is 0 Å². The van der Waals surface area contributed by atoms with Crippen molar-refractivity contribution in [3.05, 3.63) is 60.8 Å². The number of hydrogen-bond acceptors (Lipinski definition) is 6. The highest BCUT2D eigenvalue weighted by molar-refractivity contribution is 5.71. The molecule has 0 aliphatic heterocycles. The fourth-order valence-corrected chi connectivity index (χ4v) is 10.5. The molecule has 0 aliphatic rings. The molecule has 0 aliphatic carbocycles. The van der Waals surface area contributed by atoms with E-state index in [1.807, 2.05) is 0 Å². The van der Waals surface area contributed by atoms with Crippen molar-refractivity contribution in [3.8, 4) is 0 Å². The molecule has 0 N–H and O–H groups in total. The lowest BCUT2D eigenvalue weighted by molar-refractivity contribution is -0.167. The molecule has 0 bridgehead atoms. The van der Waals surface area contributed by atoms with Gasteiger partial charge in [0.2, 0.25) is 0 Å². The van der Waals surface area contributed by atoms with E-state index in [4.69, 9.17) is 14.2 Å². The number of rotatable bonds is 65. The smallest absolute Gasteiger partial charge is 0.306 e. The first-order valence-electron chi connectivity index (χ1n) is 35.3. The van der Waals surface area contributed by atoms with Gasteiger partial charge in [0.15, 0.2) is 6.10 Å². The molecule has 1 unspecified atom stereocenters. The molecule has 0 saturated heterocycles. The molecule has 0 heterocycles. The molecule has 6 heteroatoms. The van der Waals surface area contributed by atoms with Crippen LogP contribution in [-0.4, -0.2) is 37.2 Å². The van der Waals surface area contributed by atoms with Gasteiger partial charge in [-0.3, -0.25) is 14.4 Å². The Bertz CT molecular complexity index is 1430. The van der Waals surface area contributed by atoms with Gasteiger partial charge in [-0.05, 0) is 64.2 Å². The zero-order valence-corrected chi connectivity index (χ0v) is 53.6. The van der Waals surface area contributed by atoms with Crippen LogP contribution in [0.25, 0.3) is 0 Å². The number of esters is 3. The lowest BCUT2D eigenvalue weighted by Gasteiger charge is -2.18. The van der Waals surface area contributed by atoms with E-state index in [1.54, 1.807) is 0 Å². The molecule has 466 valence electrons. The van der Waals surface area contributed by atoms with Crippen molar-refractivity contribution >= 4 is 17.9 Å². The first-order chi connectivity index (χ1) is 39.5. The summed E-state index contributed by atoms with van der Waals surface area (Å²) in [6.07, 6.45) is 88.2. The van der Waals surface area contributed by atoms with Crippen LogP contribution < -0.4 is 0 Å². The Kier molecular flexibility index (Phi) is 66.1. The van der Waals surface area contributed by atoms with E-state index in [9.17, 15) is 14.4 Å². The largest absolute Gasteiger partial charge is 0.462 e. The zero-order chi connectivity index (χ0) is 57.8. The van der Waals surface area contributed by atoms with Gasteiger partial charge in [-0.25, -0.2) is 0 Å². The highest BCUT2D eigenvalue weighted by Crippen LogP contribution is 2.18. The van der Waals surface area contributed by atoms with E-state index in [0.717, 1.165) is 89.9 Å². The molecule has 0 aromatic rings. The van der Waals surface area contributed by atoms with Crippen molar-refractivity contribution in [3.63, 3.8) is 0 Å². The van der Waals surface area contributed by atoms with Gasteiger partial charge in [-0.15, -0.1) is 0 Å². The number of hydrogen-bond donors (Lipinski definition) is 0. The molecule has 0 radical (unpaired) electrons. The Morgan fingerprint density at radius 2 is 0.487 bits per heavy atom. The Labute approximate surface area is 498 Å². The average Bonchev–Trinajstić information content (AvgIpc) is 3.46. The van der Waals surface area contributed by atoms with Gasteiger partial charge in [0, 0.05) is 19.3 Å². The summed E-state index contributed by atoms with van der Waals surface area (Å²) < 4.78 is 17.0. The third-order valence-electron chi connectivity index (χ3n) is 15.8. The predicted molar refractivity (Wildman–Crippen MR) is 348 cm³/mol. The normalized spacial score (nSPS) is 12.4. The van der Waals surface area contributed by atoms with Crippen LogP contribution in [0.2, 0.25) is 0 Å². The fraction of sp³-hybridized carbons (Fsp3) is 0.824. The maximum atomic E-state index is 12.9. The third kappa shape index (κ3) is 65.9. The third-order valence-corrected chi connectivity index (χ3v) is 15.8. The van der Waals surface area contributed by atoms with Crippen LogP contribution in [0.4, 0.5) is 0 Å². The standard InChI is InChI=1S/C74H134O6/c1-4-7-10-13-16-19-22-25-27-29-31-32-33-34-35-36-37-38-39-40-41-42-44-45-47-49-52-55-58-61-64-67-73(76)79-70-71(69-78-72(75)66-63-60-57-54-51-24-21-18-15-12-9-6-3)80-74(77)68-65-62-59-56-53-50-48-46-43-30-28-26-23-20-17-14-11-8-5-2/h7,10,16,19,25,27,31-32,34-35,71H,4-6,8-9,11-15,17-18,20-24,26,28-30,33,36-70H2,1-3H3/b10-7-,19-16-,27-25-,32-31-,35-34-. The van der Waals surface area contributed by atoms with Gasteiger partial charge >= 0.3 is 17.9 Å². The minimum atomic E-state index is -0.770. The molecule has 0 amide bonds. The van der Waals surface area contributed by atoms with Crippen molar-refractivity contribution in [2.24, 2.45) is 0 Å². The monoisotopic (exact) mass is 1120 g/mol. The molecule has 1 atom stereocenters. The van der Waals surface area contributed by atoms with Gasteiger partial charge in [0.05, 0.1) is 0 Å². The van der Waals surface area contributed by atoms with Gasteiger partial charge in [-0.2, -0.15) is 0 Å². The summed E-state index contributed by atoms with van der Waals surface area (Å²) in [5.41, 5.74) is 0. The van der Waals surface area contributed by atoms with E-state index >= 15 is 0 Å². The quantitative estimate of drug-likeness (QED) is 0.0261. The fourth-order valence-electron chi connectivity index (χ4n) is 10.5. The highest BCUT2D eigenvalue weighted by atomic mass is 16.6. The summed E-state index contributed by atoms with van der Waals surface area (Å²) in [4.78, 5) is 38.4. The second-order valence-corrected chi connectivity index (χ2v) is 23.8. The first kappa shape index (κ1) is 77.1. The molecular formula is C74H134O6. The number of carbonyl (C=O) groups is 3. The van der Waals surface area contributed by atoms with E-state index in [-0.39, 0.29) is 31.1 Å². The van der Waals surface area contributed by atoms with Gasteiger partial charge in [0.1, 0.15) is 13.2 Å². The summed E-state index contributed by atoms with van der Waals surface area (Å²) in [6, 6.07) is 0. The molecule has 0 aromatic carbocycles. The Hall–Kier alpha value is -2.89. The Morgan fingerprint density at radius 3 is 0.762 bits per heavy atom. The maximum Gasteiger partial charge on any atom is 0.306 e. The van der Waals surface area contributed by atoms with Crippen LogP contribution >= 0.6 is 0 Å². The lowest BCUT2D eigenvalue weighted by Crippen LogP contribution is -2.30. The summed E-state index contributed by atoms with van der Waals surface area (Å²) >= 11 is 0. The van der Waals surface area contributed by atoms with Crippen molar-refractivity contribution in [1.82, 2.24) is 0 Å². The minimum Gasteiger partial charge on any atom is -0.462 e. The molecule has 6 nitrogen and oxygen atoms in total. The Morgan fingerprint density at radius 1 is 0.263 bits per heavy atom. The molecule has 0 rings (SSSR count). The molecule has 0 aromatic heterocycles. The average molecular weight is 1120 g/mol. The second-order valence-electron chi connectivity index (χ2n) is 23.8. The number of ether oxygens (including phenoxy) is 3. The first-order valence-corrected chi connectivity index (χ1v) is 35.3. The Balaban J connectivity index is 4.16. The van der Waals surface area contributed by atoms with Crippen LogP contribution in [-0.2, 0) is 28.6 Å². The molecule has 0 spiro atoms. The molecule has 80 heavy (non-hydrogen) atoms. The second kappa shape index (κ2) is 68.6. The van der Waals surface area contributed by atoms with Crippen LogP contribution in [0.3, 0.4) is 0 Å². The number of unbranched alkanes of at least 4 members (excludes halogenated alkanes) is 44. The van der Waals surface area contributed by atoms with Gasteiger partial charge < -0.3 is 14.2 Å². The van der Waals surface area contributed by atoms with Gasteiger partial charge in [0.25, 0.3) is 0 Å². The summed E-state index contributed by atoms with van der Waals surface area (Å²) in [5, 5.41) is 0. The predicted octanol–water partition coefficient (Wildman–Crippen LogP) is 24.3. The molecular weight excluding hydrogens is 985 g/mol. The van der Waals surface area contributed by atoms with E-state index in [2.05, 4.69) is 81.5 Å². The SMILES string of the molecule is CC/C=C\C/C=C\C/C=C\C/C=C\C/C=C\CCCCCCCCCCCCCCCCCC(=O)OCC(COC(=O)CCCCCCCCCCCCCC)OC(=O)CCCCCCCCCCCCCCCCCCCCC. The van der Waals surface area contributed by atoms with Crippen molar-refractivity contribution in [2.75, 3.05) is 13.2 Å². The van der Waals surface area contributed by atoms with Crippen LogP contribution in [0.1, 0.15) is 374 Å². The summed E-state index contributed by atoms with van der Waals surface area (Å²) in [6.45, 7) is 6.59. The maximum absolute atomic E-state index is 12.9. The highest BCUT2D eigenvalue weighted by Gasteiger charge is 2.19. The van der Waals surface area contributed by atoms with Crippen molar-refractivity contribution < 1.29 is 28.6 Å². The number of carbonyl (C=O) groups excluding carboxylic acids is 3. The zero-order valence-electron chi connectivity index (χ0n) is 53.6. The van der Waals surface area contributed by atoms with Crippen LogP contribution in [0.5, 0.6) is 0 Å². The van der Waals surface area contributed by atoms with E-state index in [0.29, 0.717) is 19.3 Å². The summed E-state index contributed by atoms with van der Waals surface area (Å²) in [7, 11) is 0. The lowest BCUT2D eigenvalue weighted by atomic mass is 10.0. The topological polar surface area (TPSA) is 78.9 Å². The summed E-state index contributed by atoms with van der Waals surface area (Å²) in [5.74, 6) is -0.840.